The van der Waals surface area contributed by atoms with E-state index in [2.05, 4.69) is 31.1 Å². The minimum atomic E-state index is 0.408. The maximum absolute atomic E-state index is 5.66. The average molecular weight is 240 g/mol. The second kappa shape index (κ2) is 6.17. The first-order valence-corrected chi connectivity index (χ1v) is 7.26. The third kappa shape index (κ3) is 3.43. The van der Waals surface area contributed by atoms with Gasteiger partial charge in [-0.05, 0) is 45.7 Å². The first-order chi connectivity index (χ1) is 8.20. The van der Waals surface area contributed by atoms with Gasteiger partial charge in [-0.3, -0.25) is 4.90 Å². The molecule has 2 aliphatic heterocycles. The summed E-state index contributed by atoms with van der Waals surface area (Å²) < 4.78 is 5.66. The number of hydrogen-bond donors (Lipinski definition) is 1. The van der Waals surface area contributed by atoms with Crippen LogP contribution in [-0.4, -0.2) is 49.8 Å². The second-order valence-corrected chi connectivity index (χ2v) is 5.82. The predicted molar refractivity (Wildman–Crippen MR) is 71.3 cm³/mol. The van der Waals surface area contributed by atoms with Crippen LogP contribution in [0.3, 0.4) is 0 Å². The molecule has 2 saturated heterocycles. The molecule has 0 bridgehead atoms. The molecular formula is C14H28N2O. The fourth-order valence-corrected chi connectivity index (χ4v) is 3.39. The van der Waals surface area contributed by atoms with Crippen molar-refractivity contribution < 1.29 is 4.74 Å². The number of piperidine rings is 1. The van der Waals surface area contributed by atoms with E-state index in [1.165, 1.54) is 38.8 Å². The molecule has 3 nitrogen and oxygen atoms in total. The van der Waals surface area contributed by atoms with Gasteiger partial charge in [0.15, 0.2) is 0 Å². The first kappa shape index (κ1) is 13.3. The quantitative estimate of drug-likeness (QED) is 0.812. The molecular weight excluding hydrogens is 212 g/mol. The molecule has 2 aliphatic rings. The van der Waals surface area contributed by atoms with Gasteiger partial charge in [-0.2, -0.15) is 0 Å². The molecule has 0 aliphatic carbocycles. The lowest BCUT2D eigenvalue weighted by Gasteiger charge is -2.35. The van der Waals surface area contributed by atoms with Crippen LogP contribution in [-0.2, 0) is 4.74 Å². The molecule has 2 rings (SSSR count). The fourth-order valence-electron chi connectivity index (χ4n) is 3.39. The molecule has 2 heterocycles. The Morgan fingerprint density at radius 3 is 2.82 bits per heavy atom. The lowest BCUT2D eigenvalue weighted by molar-refractivity contribution is 0.0774. The number of ether oxygens (including phenoxy) is 1. The molecule has 3 heteroatoms. The van der Waals surface area contributed by atoms with Gasteiger partial charge in [-0.15, -0.1) is 0 Å². The highest BCUT2D eigenvalue weighted by molar-refractivity contribution is 4.85. The Hall–Kier alpha value is -0.120. The van der Waals surface area contributed by atoms with Gasteiger partial charge in [0.1, 0.15) is 0 Å². The van der Waals surface area contributed by atoms with E-state index in [-0.39, 0.29) is 0 Å². The third-order valence-electron chi connectivity index (χ3n) is 4.59. The summed E-state index contributed by atoms with van der Waals surface area (Å²) in [5.74, 6) is 0.937. The zero-order valence-corrected chi connectivity index (χ0v) is 11.6. The van der Waals surface area contributed by atoms with Crippen LogP contribution in [0.25, 0.3) is 0 Å². The molecule has 0 aromatic heterocycles. The van der Waals surface area contributed by atoms with Crippen molar-refractivity contribution in [1.82, 2.24) is 10.2 Å². The Labute approximate surface area is 106 Å². The van der Waals surface area contributed by atoms with Crippen LogP contribution < -0.4 is 5.32 Å². The van der Waals surface area contributed by atoms with Crippen LogP contribution in [0.15, 0.2) is 0 Å². The number of rotatable bonds is 4. The Bertz CT molecular complexity index is 234. The van der Waals surface area contributed by atoms with E-state index in [9.17, 15) is 0 Å². The Morgan fingerprint density at radius 2 is 2.18 bits per heavy atom. The number of nitrogens with one attached hydrogen (secondary N) is 1. The van der Waals surface area contributed by atoms with Crippen LogP contribution >= 0.6 is 0 Å². The van der Waals surface area contributed by atoms with E-state index in [4.69, 9.17) is 4.74 Å². The van der Waals surface area contributed by atoms with Gasteiger partial charge >= 0.3 is 0 Å². The number of nitrogens with zero attached hydrogens (tertiary/aromatic N) is 1. The van der Waals surface area contributed by atoms with Crippen LogP contribution in [0.4, 0.5) is 0 Å². The van der Waals surface area contributed by atoms with Gasteiger partial charge in [0.2, 0.25) is 0 Å². The van der Waals surface area contributed by atoms with Crippen molar-refractivity contribution in [3.05, 3.63) is 0 Å². The SMILES string of the molecule is CCC1CCNC(CN(C)C2CCOC2C)C1. The standard InChI is InChI=1S/C14H28N2O/c1-4-12-5-7-15-13(9-12)10-16(3)14-6-8-17-11(14)2/h11-15H,4-10H2,1-3H3. The molecule has 0 aromatic rings. The molecule has 1 N–H and O–H groups in total. The van der Waals surface area contributed by atoms with Crippen LogP contribution in [0.1, 0.15) is 39.5 Å². The van der Waals surface area contributed by atoms with Crippen molar-refractivity contribution >= 4 is 0 Å². The summed E-state index contributed by atoms with van der Waals surface area (Å²) in [6.07, 6.45) is 5.65. The molecule has 0 saturated carbocycles. The van der Waals surface area contributed by atoms with E-state index >= 15 is 0 Å². The summed E-state index contributed by atoms with van der Waals surface area (Å²) in [4.78, 5) is 2.51. The van der Waals surface area contributed by atoms with Crippen molar-refractivity contribution in [3.8, 4) is 0 Å². The van der Waals surface area contributed by atoms with Crippen molar-refractivity contribution in [1.29, 1.82) is 0 Å². The average Bonchev–Trinajstić information content (AvgIpc) is 2.76. The van der Waals surface area contributed by atoms with Crippen molar-refractivity contribution in [2.45, 2.75) is 57.7 Å². The van der Waals surface area contributed by atoms with Crippen LogP contribution in [0.5, 0.6) is 0 Å². The molecule has 100 valence electrons. The summed E-state index contributed by atoms with van der Waals surface area (Å²) in [5, 5.41) is 3.67. The fraction of sp³-hybridized carbons (Fsp3) is 1.00. The lowest BCUT2D eigenvalue weighted by Crippen LogP contribution is -2.48. The van der Waals surface area contributed by atoms with E-state index in [0.29, 0.717) is 18.2 Å². The molecule has 4 unspecified atom stereocenters. The molecule has 2 fully saturated rings. The van der Waals surface area contributed by atoms with E-state index in [1.54, 1.807) is 0 Å². The molecule has 0 aromatic carbocycles. The summed E-state index contributed by atoms with van der Waals surface area (Å²) in [7, 11) is 2.26. The van der Waals surface area contributed by atoms with Crippen molar-refractivity contribution in [2.75, 3.05) is 26.7 Å². The molecule has 17 heavy (non-hydrogen) atoms. The van der Waals surface area contributed by atoms with E-state index < -0.39 is 0 Å². The smallest absolute Gasteiger partial charge is 0.0702 e. The summed E-state index contributed by atoms with van der Waals surface area (Å²) >= 11 is 0. The van der Waals surface area contributed by atoms with Crippen LogP contribution in [0.2, 0.25) is 0 Å². The molecule has 0 radical (unpaired) electrons. The molecule has 0 amide bonds. The highest BCUT2D eigenvalue weighted by Crippen LogP contribution is 2.22. The highest BCUT2D eigenvalue weighted by atomic mass is 16.5. The summed E-state index contributed by atoms with van der Waals surface area (Å²) in [6, 6.07) is 1.31. The zero-order chi connectivity index (χ0) is 12.3. The van der Waals surface area contributed by atoms with E-state index in [0.717, 1.165) is 12.5 Å². The van der Waals surface area contributed by atoms with Crippen LogP contribution in [0, 0.1) is 5.92 Å². The maximum Gasteiger partial charge on any atom is 0.0702 e. The largest absolute Gasteiger partial charge is 0.377 e. The lowest BCUT2D eigenvalue weighted by atomic mass is 9.90. The highest BCUT2D eigenvalue weighted by Gasteiger charge is 2.30. The van der Waals surface area contributed by atoms with Gasteiger partial charge in [-0.1, -0.05) is 13.3 Å². The van der Waals surface area contributed by atoms with Gasteiger partial charge in [0.05, 0.1) is 6.10 Å². The topological polar surface area (TPSA) is 24.5 Å². The minimum absolute atomic E-state index is 0.408. The summed E-state index contributed by atoms with van der Waals surface area (Å²) in [6.45, 7) is 7.84. The zero-order valence-electron chi connectivity index (χ0n) is 11.6. The molecule has 0 spiro atoms. The van der Waals surface area contributed by atoms with Gasteiger partial charge in [-0.25, -0.2) is 0 Å². The normalized spacial score (nSPS) is 38.8. The Morgan fingerprint density at radius 1 is 1.35 bits per heavy atom. The van der Waals surface area contributed by atoms with Gasteiger partial charge in [0, 0.05) is 25.2 Å². The number of hydrogen-bond acceptors (Lipinski definition) is 3. The monoisotopic (exact) mass is 240 g/mol. The second-order valence-electron chi connectivity index (χ2n) is 5.82. The Kier molecular flexibility index (Phi) is 4.83. The van der Waals surface area contributed by atoms with Crippen molar-refractivity contribution in [3.63, 3.8) is 0 Å². The Balaban J connectivity index is 1.79. The van der Waals surface area contributed by atoms with Gasteiger partial charge < -0.3 is 10.1 Å². The van der Waals surface area contributed by atoms with Gasteiger partial charge in [0.25, 0.3) is 0 Å². The predicted octanol–water partition coefficient (Wildman–Crippen LogP) is 1.87. The van der Waals surface area contributed by atoms with E-state index in [1.807, 2.05) is 0 Å². The molecule has 4 atom stereocenters. The maximum atomic E-state index is 5.66. The minimum Gasteiger partial charge on any atom is -0.377 e. The summed E-state index contributed by atoms with van der Waals surface area (Å²) in [5.41, 5.74) is 0. The first-order valence-electron chi connectivity index (χ1n) is 7.26. The van der Waals surface area contributed by atoms with Crippen molar-refractivity contribution in [2.24, 2.45) is 5.92 Å². The number of likely N-dealkylation sites (N-methyl/N-ethyl adjacent to an activating group) is 1. The third-order valence-corrected chi connectivity index (χ3v) is 4.59.